The van der Waals surface area contributed by atoms with Crippen LogP contribution in [0.5, 0.6) is 5.75 Å². The van der Waals surface area contributed by atoms with E-state index in [1.165, 1.54) is 11.3 Å². The SMILES string of the molecule is Cc1cc(-c2nc(CCc3ccccc3)c(-c3ccc(N(C)C)cc3)[nH]2)cc(C)c1O. The third-order valence-corrected chi connectivity index (χ3v) is 5.71. The van der Waals surface area contributed by atoms with Gasteiger partial charge in [0.25, 0.3) is 0 Å². The van der Waals surface area contributed by atoms with Crippen molar-refractivity contribution in [3.63, 3.8) is 0 Å². The van der Waals surface area contributed by atoms with Crippen LogP contribution in [-0.2, 0) is 12.8 Å². The minimum Gasteiger partial charge on any atom is -0.507 e. The Morgan fingerprint density at radius 2 is 1.48 bits per heavy atom. The number of aryl methyl sites for hydroxylation is 4. The molecule has 4 rings (SSSR count). The first kappa shape index (κ1) is 20.7. The van der Waals surface area contributed by atoms with Crippen molar-refractivity contribution >= 4 is 5.69 Å². The van der Waals surface area contributed by atoms with Crippen molar-refractivity contribution in [3.05, 3.63) is 89.1 Å². The van der Waals surface area contributed by atoms with Crippen LogP contribution in [0.15, 0.2) is 66.7 Å². The lowest BCUT2D eigenvalue weighted by molar-refractivity contribution is 0.467. The van der Waals surface area contributed by atoms with E-state index in [0.29, 0.717) is 5.75 Å². The molecule has 0 aliphatic heterocycles. The van der Waals surface area contributed by atoms with Crippen molar-refractivity contribution in [2.45, 2.75) is 26.7 Å². The lowest BCUT2D eigenvalue weighted by atomic mass is 10.0. The maximum Gasteiger partial charge on any atom is 0.138 e. The molecule has 0 saturated heterocycles. The molecule has 0 spiro atoms. The molecule has 1 aromatic heterocycles. The lowest BCUT2D eigenvalue weighted by Crippen LogP contribution is -2.07. The number of hydrogen-bond acceptors (Lipinski definition) is 3. The standard InChI is InChI=1S/C27H29N3O/c1-18-16-22(17-19(2)26(18)31)27-28-24(15-10-20-8-6-5-7-9-20)25(29-27)21-11-13-23(14-12-21)30(3)4/h5-9,11-14,16-17,31H,10,15H2,1-4H3,(H,28,29). The van der Waals surface area contributed by atoms with Crippen molar-refractivity contribution in [1.29, 1.82) is 0 Å². The summed E-state index contributed by atoms with van der Waals surface area (Å²) in [7, 11) is 4.09. The molecule has 0 radical (unpaired) electrons. The molecular weight excluding hydrogens is 382 g/mol. The van der Waals surface area contributed by atoms with Crippen LogP contribution >= 0.6 is 0 Å². The number of nitrogens with one attached hydrogen (secondary N) is 1. The second-order valence-corrected chi connectivity index (χ2v) is 8.29. The minimum atomic E-state index is 0.346. The van der Waals surface area contributed by atoms with E-state index in [-0.39, 0.29) is 0 Å². The van der Waals surface area contributed by atoms with Crippen molar-refractivity contribution in [3.8, 4) is 28.4 Å². The van der Waals surface area contributed by atoms with Gasteiger partial charge in [-0.2, -0.15) is 0 Å². The van der Waals surface area contributed by atoms with Crippen LogP contribution in [0.25, 0.3) is 22.6 Å². The van der Waals surface area contributed by atoms with Crippen LogP contribution in [0.1, 0.15) is 22.4 Å². The third kappa shape index (κ3) is 4.48. The Bertz CT molecular complexity index is 1150. The quantitative estimate of drug-likeness (QED) is 0.414. The minimum absolute atomic E-state index is 0.346. The lowest BCUT2D eigenvalue weighted by Gasteiger charge is -2.12. The molecule has 0 aliphatic rings. The predicted molar refractivity (Wildman–Crippen MR) is 129 cm³/mol. The summed E-state index contributed by atoms with van der Waals surface area (Å²) in [6.45, 7) is 3.85. The summed E-state index contributed by atoms with van der Waals surface area (Å²) in [5.74, 6) is 1.18. The second-order valence-electron chi connectivity index (χ2n) is 8.29. The van der Waals surface area contributed by atoms with Crippen molar-refractivity contribution in [2.24, 2.45) is 0 Å². The topological polar surface area (TPSA) is 52.2 Å². The summed E-state index contributed by atoms with van der Waals surface area (Å²) in [5.41, 5.74) is 8.41. The van der Waals surface area contributed by atoms with Gasteiger partial charge in [-0.1, -0.05) is 42.5 Å². The van der Waals surface area contributed by atoms with Crippen LogP contribution in [0.4, 0.5) is 5.69 Å². The van der Waals surface area contributed by atoms with Gasteiger partial charge in [-0.3, -0.25) is 0 Å². The number of aromatic nitrogens is 2. The molecule has 4 nitrogen and oxygen atoms in total. The highest BCUT2D eigenvalue weighted by molar-refractivity contribution is 5.70. The van der Waals surface area contributed by atoms with Gasteiger partial charge in [0.15, 0.2) is 0 Å². The molecule has 4 heteroatoms. The van der Waals surface area contributed by atoms with Crippen LogP contribution in [0.3, 0.4) is 0 Å². The normalized spacial score (nSPS) is 11.0. The zero-order valence-electron chi connectivity index (χ0n) is 18.6. The van der Waals surface area contributed by atoms with Crippen molar-refractivity contribution in [2.75, 3.05) is 19.0 Å². The average Bonchev–Trinajstić information content (AvgIpc) is 3.21. The first-order chi connectivity index (χ1) is 14.9. The van der Waals surface area contributed by atoms with Crippen LogP contribution < -0.4 is 4.90 Å². The Morgan fingerprint density at radius 1 is 0.839 bits per heavy atom. The monoisotopic (exact) mass is 411 g/mol. The van der Waals surface area contributed by atoms with Crippen molar-refractivity contribution in [1.82, 2.24) is 9.97 Å². The number of phenolic OH excluding ortho intramolecular Hbond substituents is 1. The number of anilines is 1. The highest BCUT2D eigenvalue weighted by atomic mass is 16.3. The van der Waals surface area contributed by atoms with E-state index in [2.05, 4.69) is 58.4 Å². The molecule has 4 aromatic rings. The van der Waals surface area contributed by atoms with E-state index >= 15 is 0 Å². The summed E-state index contributed by atoms with van der Waals surface area (Å²) in [6.07, 6.45) is 1.78. The summed E-state index contributed by atoms with van der Waals surface area (Å²) >= 11 is 0. The number of nitrogens with zero attached hydrogens (tertiary/aromatic N) is 2. The fourth-order valence-corrected chi connectivity index (χ4v) is 3.89. The molecule has 0 atom stereocenters. The highest BCUT2D eigenvalue weighted by Gasteiger charge is 2.15. The van der Waals surface area contributed by atoms with Crippen molar-refractivity contribution < 1.29 is 5.11 Å². The van der Waals surface area contributed by atoms with E-state index in [1.807, 2.05) is 46.1 Å². The molecular formula is C27H29N3O. The molecule has 0 bridgehead atoms. The molecule has 158 valence electrons. The zero-order chi connectivity index (χ0) is 22.0. The number of phenols is 1. The molecule has 0 unspecified atom stereocenters. The van der Waals surface area contributed by atoms with E-state index in [1.54, 1.807) is 0 Å². The van der Waals surface area contributed by atoms with E-state index in [9.17, 15) is 5.11 Å². The smallest absolute Gasteiger partial charge is 0.138 e. The van der Waals surface area contributed by atoms with Gasteiger partial charge in [-0.15, -0.1) is 0 Å². The Balaban J connectivity index is 1.74. The van der Waals surface area contributed by atoms with Gasteiger partial charge >= 0.3 is 0 Å². The Kier molecular flexibility index (Phi) is 5.81. The number of imidazole rings is 1. The summed E-state index contributed by atoms with van der Waals surface area (Å²) < 4.78 is 0. The summed E-state index contributed by atoms with van der Waals surface area (Å²) in [5, 5.41) is 10.2. The maximum atomic E-state index is 10.2. The highest BCUT2D eigenvalue weighted by Crippen LogP contribution is 2.32. The molecule has 31 heavy (non-hydrogen) atoms. The molecule has 0 amide bonds. The number of aromatic amines is 1. The fourth-order valence-electron chi connectivity index (χ4n) is 3.89. The molecule has 1 heterocycles. The van der Waals surface area contributed by atoms with Gasteiger partial charge < -0.3 is 15.0 Å². The Morgan fingerprint density at radius 3 is 2.10 bits per heavy atom. The first-order valence-corrected chi connectivity index (χ1v) is 10.6. The number of benzene rings is 3. The summed E-state index contributed by atoms with van der Waals surface area (Å²) in [6, 6.07) is 23.0. The third-order valence-electron chi connectivity index (χ3n) is 5.71. The number of aromatic hydroxyl groups is 1. The van der Waals surface area contributed by atoms with Gasteiger partial charge in [0.05, 0.1) is 11.4 Å². The van der Waals surface area contributed by atoms with Gasteiger partial charge in [0.1, 0.15) is 11.6 Å². The second kappa shape index (κ2) is 8.68. The number of hydrogen-bond donors (Lipinski definition) is 2. The predicted octanol–water partition coefficient (Wildman–Crippen LogP) is 5.92. The van der Waals surface area contributed by atoms with Crippen LogP contribution in [-0.4, -0.2) is 29.2 Å². The fraction of sp³-hybridized carbons (Fsp3) is 0.222. The van der Waals surface area contributed by atoms with Crippen LogP contribution in [0.2, 0.25) is 0 Å². The molecule has 0 fully saturated rings. The average molecular weight is 412 g/mol. The van der Waals surface area contributed by atoms with E-state index in [0.717, 1.165) is 52.3 Å². The Hall–Kier alpha value is -3.53. The molecule has 3 aromatic carbocycles. The van der Waals surface area contributed by atoms with Crippen LogP contribution in [0, 0.1) is 13.8 Å². The molecule has 2 N–H and O–H groups in total. The Labute approximate surface area is 184 Å². The van der Waals surface area contributed by atoms with Gasteiger partial charge in [0, 0.05) is 25.3 Å². The first-order valence-electron chi connectivity index (χ1n) is 10.6. The number of H-pyrrole nitrogens is 1. The van der Waals surface area contributed by atoms with Gasteiger partial charge in [0.2, 0.25) is 0 Å². The maximum absolute atomic E-state index is 10.2. The molecule has 0 aliphatic carbocycles. The largest absolute Gasteiger partial charge is 0.507 e. The number of rotatable bonds is 6. The van der Waals surface area contributed by atoms with E-state index in [4.69, 9.17) is 4.98 Å². The summed E-state index contributed by atoms with van der Waals surface area (Å²) in [4.78, 5) is 10.7. The van der Waals surface area contributed by atoms with Gasteiger partial charge in [-0.05, 0) is 73.2 Å². The molecule has 0 saturated carbocycles. The van der Waals surface area contributed by atoms with Gasteiger partial charge in [-0.25, -0.2) is 4.98 Å². The zero-order valence-corrected chi connectivity index (χ0v) is 18.6. The van der Waals surface area contributed by atoms with E-state index < -0.39 is 0 Å².